The van der Waals surface area contributed by atoms with E-state index in [9.17, 15) is 0 Å². The summed E-state index contributed by atoms with van der Waals surface area (Å²) in [6.07, 6.45) is 0. The molecule has 1 aliphatic heterocycles. The van der Waals surface area contributed by atoms with Crippen LogP contribution in [0.25, 0.3) is 0 Å². The van der Waals surface area contributed by atoms with Crippen LogP contribution in [-0.2, 0) is 0 Å². The standard InChI is InChI=1S/C15H13NO/c1-10-7-8-15-13(9-10)16-11(2)12-5-3-4-6-14(12)17-15/h3-9H,1-2H3. The average molecular weight is 223 g/mol. The SMILES string of the molecule is CC1=Nc2cc(C)ccc2Oc2ccccc21. The van der Waals surface area contributed by atoms with Gasteiger partial charge in [0.05, 0.1) is 0 Å². The first-order valence-electron chi connectivity index (χ1n) is 5.67. The van der Waals surface area contributed by atoms with E-state index in [1.807, 2.05) is 49.4 Å². The molecule has 2 aromatic rings. The van der Waals surface area contributed by atoms with Gasteiger partial charge in [0, 0.05) is 11.3 Å². The molecule has 2 nitrogen and oxygen atoms in total. The molecule has 0 N–H and O–H groups in total. The molecule has 0 bridgehead atoms. The van der Waals surface area contributed by atoms with Crippen molar-refractivity contribution < 1.29 is 4.74 Å². The van der Waals surface area contributed by atoms with E-state index in [0.717, 1.165) is 28.5 Å². The maximum atomic E-state index is 5.91. The third-order valence-corrected chi connectivity index (χ3v) is 2.90. The molecule has 3 rings (SSSR count). The number of fused-ring (bicyclic) bond motifs is 2. The fourth-order valence-electron chi connectivity index (χ4n) is 2.01. The van der Waals surface area contributed by atoms with E-state index in [1.54, 1.807) is 0 Å². The van der Waals surface area contributed by atoms with Crippen LogP contribution in [0, 0.1) is 6.92 Å². The molecule has 0 aromatic heterocycles. The molecular formula is C15H13NO. The van der Waals surface area contributed by atoms with Crippen LogP contribution in [0.2, 0.25) is 0 Å². The van der Waals surface area contributed by atoms with Gasteiger partial charge in [0.15, 0.2) is 5.75 Å². The quantitative estimate of drug-likeness (QED) is 0.654. The predicted molar refractivity (Wildman–Crippen MR) is 69.6 cm³/mol. The van der Waals surface area contributed by atoms with Crippen molar-refractivity contribution in [1.82, 2.24) is 0 Å². The molecule has 1 heterocycles. The van der Waals surface area contributed by atoms with Gasteiger partial charge >= 0.3 is 0 Å². The van der Waals surface area contributed by atoms with Crippen LogP contribution < -0.4 is 4.74 Å². The molecule has 2 aromatic carbocycles. The van der Waals surface area contributed by atoms with Crippen molar-refractivity contribution in [2.75, 3.05) is 0 Å². The lowest BCUT2D eigenvalue weighted by atomic mass is 10.1. The monoisotopic (exact) mass is 223 g/mol. The van der Waals surface area contributed by atoms with Gasteiger partial charge in [-0.25, -0.2) is 4.99 Å². The molecule has 1 aliphatic rings. The van der Waals surface area contributed by atoms with Crippen LogP contribution in [0.4, 0.5) is 5.69 Å². The average Bonchev–Trinajstić information content (AvgIpc) is 2.46. The minimum absolute atomic E-state index is 0.819. The Morgan fingerprint density at radius 1 is 0.941 bits per heavy atom. The first-order chi connectivity index (χ1) is 8.24. The van der Waals surface area contributed by atoms with E-state index in [2.05, 4.69) is 11.9 Å². The largest absolute Gasteiger partial charge is 0.454 e. The van der Waals surface area contributed by atoms with E-state index < -0.39 is 0 Å². The summed E-state index contributed by atoms with van der Waals surface area (Å²) in [5.41, 5.74) is 4.14. The van der Waals surface area contributed by atoms with E-state index in [0.29, 0.717) is 0 Å². The Balaban J connectivity index is 2.24. The Hall–Kier alpha value is -2.09. The minimum atomic E-state index is 0.819. The summed E-state index contributed by atoms with van der Waals surface area (Å²) in [6, 6.07) is 14.1. The smallest absolute Gasteiger partial charge is 0.153 e. The summed E-state index contributed by atoms with van der Waals surface area (Å²) in [7, 11) is 0. The number of benzene rings is 2. The van der Waals surface area contributed by atoms with Crippen LogP contribution in [-0.4, -0.2) is 5.71 Å². The number of aryl methyl sites for hydroxylation is 1. The summed E-state index contributed by atoms with van der Waals surface area (Å²) < 4.78 is 5.91. The van der Waals surface area contributed by atoms with Crippen molar-refractivity contribution >= 4 is 11.4 Å². The molecule has 0 radical (unpaired) electrons. The second kappa shape index (κ2) is 3.74. The lowest BCUT2D eigenvalue weighted by Crippen LogP contribution is -1.94. The molecule has 0 atom stereocenters. The molecule has 0 unspecified atom stereocenters. The summed E-state index contributed by atoms with van der Waals surface area (Å²) in [4.78, 5) is 4.63. The van der Waals surface area contributed by atoms with Gasteiger partial charge in [0.1, 0.15) is 11.4 Å². The van der Waals surface area contributed by atoms with Gasteiger partial charge in [-0.05, 0) is 43.7 Å². The fourth-order valence-corrected chi connectivity index (χ4v) is 2.01. The first-order valence-corrected chi connectivity index (χ1v) is 5.67. The number of hydrogen-bond donors (Lipinski definition) is 0. The highest BCUT2D eigenvalue weighted by atomic mass is 16.5. The zero-order valence-corrected chi connectivity index (χ0v) is 9.90. The van der Waals surface area contributed by atoms with Crippen LogP contribution in [0.3, 0.4) is 0 Å². The topological polar surface area (TPSA) is 21.6 Å². The highest BCUT2D eigenvalue weighted by Gasteiger charge is 2.14. The molecule has 17 heavy (non-hydrogen) atoms. The van der Waals surface area contributed by atoms with Crippen LogP contribution in [0.5, 0.6) is 11.5 Å². The number of para-hydroxylation sites is 1. The van der Waals surface area contributed by atoms with Crippen molar-refractivity contribution in [2.45, 2.75) is 13.8 Å². The molecular weight excluding hydrogens is 210 g/mol. The summed E-state index contributed by atoms with van der Waals surface area (Å²) in [6.45, 7) is 4.07. The molecule has 0 fully saturated rings. The highest BCUT2D eigenvalue weighted by Crippen LogP contribution is 2.37. The van der Waals surface area contributed by atoms with Crippen molar-refractivity contribution in [1.29, 1.82) is 0 Å². The van der Waals surface area contributed by atoms with Crippen molar-refractivity contribution in [3.63, 3.8) is 0 Å². The fraction of sp³-hybridized carbons (Fsp3) is 0.133. The zero-order valence-electron chi connectivity index (χ0n) is 9.90. The third-order valence-electron chi connectivity index (χ3n) is 2.90. The molecule has 0 aliphatic carbocycles. The van der Waals surface area contributed by atoms with Gasteiger partial charge in [0.2, 0.25) is 0 Å². The van der Waals surface area contributed by atoms with Gasteiger partial charge in [-0.3, -0.25) is 0 Å². The Morgan fingerprint density at radius 2 is 1.76 bits per heavy atom. The maximum Gasteiger partial charge on any atom is 0.153 e. The molecule has 2 heteroatoms. The number of rotatable bonds is 0. The lowest BCUT2D eigenvalue weighted by molar-refractivity contribution is 0.484. The Morgan fingerprint density at radius 3 is 2.65 bits per heavy atom. The van der Waals surface area contributed by atoms with Gasteiger partial charge in [0.25, 0.3) is 0 Å². The zero-order chi connectivity index (χ0) is 11.8. The number of nitrogens with zero attached hydrogens (tertiary/aromatic N) is 1. The minimum Gasteiger partial charge on any atom is -0.454 e. The van der Waals surface area contributed by atoms with Gasteiger partial charge in [-0.1, -0.05) is 18.2 Å². The number of aliphatic imine (C=N–C) groups is 1. The highest BCUT2D eigenvalue weighted by molar-refractivity contribution is 6.03. The number of hydrogen-bond acceptors (Lipinski definition) is 2. The Bertz CT molecular complexity index is 614. The molecule has 0 spiro atoms. The summed E-state index contributed by atoms with van der Waals surface area (Å²) in [5.74, 6) is 1.69. The van der Waals surface area contributed by atoms with E-state index in [4.69, 9.17) is 4.74 Å². The second-order valence-corrected chi connectivity index (χ2v) is 4.27. The second-order valence-electron chi connectivity index (χ2n) is 4.27. The van der Waals surface area contributed by atoms with Gasteiger partial charge < -0.3 is 4.74 Å². The van der Waals surface area contributed by atoms with Crippen LogP contribution >= 0.6 is 0 Å². The maximum absolute atomic E-state index is 5.91. The van der Waals surface area contributed by atoms with Crippen molar-refractivity contribution in [3.8, 4) is 11.5 Å². The number of ether oxygens (including phenoxy) is 1. The summed E-state index contributed by atoms with van der Waals surface area (Å²) >= 11 is 0. The molecule has 0 amide bonds. The Labute approximate surface area is 101 Å². The molecule has 84 valence electrons. The van der Waals surface area contributed by atoms with E-state index >= 15 is 0 Å². The molecule has 0 saturated heterocycles. The third kappa shape index (κ3) is 1.72. The van der Waals surface area contributed by atoms with Crippen LogP contribution in [0.1, 0.15) is 18.1 Å². The van der Waals surface area contributed by atoms with E-state index in [1.165, 1.54) is 5.56 Å². The summed E-state index contributed by atoms with van der Waals surface area (Å²) in [5, 5.41) is 0. The van der Waals surface area contributed by atoms with Crippen molar-refractivity contribution in [2.24, 2.45) is 4.99 Å². The normalized spacial score (nSPS) is 12.9. The van der Waals surface area contributed by atoms with Crippen LogP contribution in [0.15, 0.2) is 47.5 Å². The predicted octanol–water partition coefficient (Wildman–Crippen LogP) is 4.24. The first kappa shape index (κ1) is 10.1. The van der Waals surface area contributed by atoms with Gasteiger partial charge in [-0.15, -0.1) is 0 Å². The van der Waals surface area contributed by atoms with Crippen molar-refractivity contribution in [3.05, 3.63) is 53.6 Å². The lowest BCUT2D eigenvalue weighted by Gasteiger charge is -2.08. The van der Waals surface area contributed by atoms with Gasteiger partial charge in [-0.2, -0.15) is 0 Å². The molecule has 0 saturated carbocycles. The Kier molecular flexibility index (Phi) is 2.22. The van der Waals surface area contributed by atoms with E-state index in [-0.39, 0.29) is 0 Å².